The van der Waals surface area contributed by atoms with Crippen molar-refractivity contribution in [2.24, 2.45) is 0 Å². The van der Waals surface area contributed by atoms with Crippen LogP contribution in [0.15, 0.2) is 12.8 Å². The molecule has 0 bridgehead atoms. The monoisotopic (exact) mass is 362 g/mol. The molecule has 12 heteroatoms. The maximum Gasteiger partial charge on any atom is 0.460 e. The summed E-state index contributed by atoms with van der Waals surface area (Å²) in [6.45, 7) is 2.27. The first-order valence-electron chi connectivity index (χ1n) is 5.83. The van der Waals surface area contributed by atoms with Crippen LogP contribution in [-0.4, -0.2) is 43.1 Å². The molecule has 0 N–H and O–H groups in total. The summed E-state index contributed by atoms with van der Waals surface area (Å²) in [5, 5.41) is 0. The summed E-state index contributed by atoms with van der Waals surface area (Å²) in [6.07, 6.45) is -6.04. The molecule has 0 heterocycles. The molecule has 0 amide bonds. The molecule has 0 aliphatic carbocycles. The Balaban J connectivity index is 4.88. The van der Waals surface area contributed by atoms with E-state index in [4.69, 9.17) is 0 Å². The highest BCUT2D eigenvalue weighted by Gasteiger charge is 2.84. The molecule has 0 rings (SSSR count). The quantitative estimate of drug-likeness (QED) is 0.270. The number of ether oxygens (including phenoxy) is 2. The molecule has 0 spiro atoms. The Kier molecular flexibility index (Phi) is 6.79. The van der Waals surface area contributed by atoms with Crippen molar-refractivity contribution in [3.8, 4) is 0 Å². The molecule has 0 aliphatic heterocycles. The van der Waals surface area contributed by atoms with Crippen LogP contribution in [0.5, 0.6) is 0 Å². The maximum absolute atomic E-state index is 13.0. The van der Waals surface area contributed by atoms with Gasteiger partial charge in [0.1, 0.15) is 0 Å². The van der Waals surface area contributed by atoms with Crippen molar-refractivity contribution >= 4 is 5.97 Å². The van der Waals surface area contributed by atoms with E-state index in [0.29, 0.717) is 0 Å². The normalized spacial score (nSPS) is 13.6. The third-order valence-corrected chi connectivity index (χ3v) is 2.41. The van der Waals surface area contributed by atoms with Crippen molar-refractivity contribution < 1.29 is 53.8 Å². The van der Waals surface area contributed by atoms with E-state index in [1.165, 1.54) is 0 Å². The van der Waals surface area contributed by atoms with Crippen LogP contribution in [-0.2, 0) is 14.3 Å². The fourth-order valence-electron chi connectivity index (χ4n) is 1.13. The lowest BCUT2D eigenvalue weighted by atomic mass is 10.0. The summed E-state index contributed by atoms with van der Waals surface area (Å²) in [5.41, 5.74) is 0. The lowest BCUT2D eigenvalue weighted by molar-refractivity contribution is -0.390. The molecule has 0 unspecified atom stereocenters. The van der Waals surface area contributed by atoms with Gasteiger partial charge in [0, 0.05) is 0 Å². The first kappa shape index (κ1) is 21.4. The number of unbranched alkanes of at least 4 members (excludes halogenated alkanes) is 1. The minimum absolute atomic E-state index is 0.0136. The number of alkyl halides is 9. The van der Waals surface area contributed by atoms with Gasteiger partial charge in [-0.3, -0.25) is 0 Å². The molecule has 0 aromatic carbocycles. The molecule has 0 aromatic rings. The Morgan fingerprint density at radius 3 is 1.78 bits per heavy atom. The van der Waals surface area contributed by atoms with Crippen LogP contribution in [0.3, 0.4) is 0 Å². The standard InChI is InChI=1S/C11H11F9O3/c1-2-22-5-3-4-6-23-7(21)8(12,13)9(14,15)10(16,17)11(18,19)20/h2H,1,3-6H2. The Hall–Kier alpha value is -1.62. The van der Waals surface area contributed by atoms with Gasteiger partial charge in [-0.2, -0.15) is 39.5 Å². The molecular weight excluding hydrogens is 351 g/mol. The second-order valence-corrected chi connectivity index (χ2v) is 4.10. The molecule has 0 saturated carbocycles. The van der Waals surface area contributed by atoms with E-state index in [1.807, 2.05) is 0 Å². The summed E-state index contributed by atoms with van der Waals surface area (Å²) < 4.78 is 120. The maximum atomic E-state index is 13.0. The largest absolute Gasteiger partial charge is 0.502 e. The molecule has 23 heavy (non-hydrogen) atoms. The number of carbonyl (C=O) groups is 1. The Labute approximate surface area is 124 Å². The van der Waals surface area contributed by atoms with Gasteiger partial charge in [0.25, 0.3) is 0 Å². The van der Waals surface area contributed by atoms with E-state index in [0.717, 1.165) is 6.26 Å². The van der Waals surface area contributed by atoms with Crippen molar-refractivity contribution in [2.75, 3.05) is 13.2 Å². The number of hydrogen-bond acceptors (Lipinski definition) is 3. The second-order valence-electron chi connectivity index (χ2n) is 4.10. The Morgan fingerprint density at radius 1 is 0.870 bits per heavy atom. The molecule has 0 aliphatic rings. The van der Waals surface area contributed by atoms with E-state index < -0.39 is 36.5 Å². The molecule has 0 atom stereocenters. The van der Waals surface area contributed by atoms with Gasteiger partial charge in [0.15, 0.2) is 0 Å². The van der Waals surface area contributed by atoms with Crippen molar-refractivity contribution in [1.29, 1.82) is 0 Å². The predicted octanol–water partition coefficient (Wildman–Crippen LogP) is 3.94. The third kappa shape index (κ3) is 4.44. The molecule has 0 aromatic heterocycles. The van der Waals surface area contributed by atoms with Gasteiger partial charge < -0.3 is 9.47 Å². The summed E-state index contributed by atoms with van der Waals surface area (Å²) in [6, 6.07) is 0. The minimum Gasteiger partial charge on any atom is -0.502 e. The van der Waals surface area contributed by atoms with E-state index in [2.05, 4.69) is 16.1 Å². The fourth-order valence-corrected chi connectivity index (χ4v) is 1.13. The highest BCUT2D eigenvalue weighted by molar-refractivity contribution is 5.79. The molecule has 0 fully saturated rings. The molecule has 0 saturated heterocycles. The number of carbonyl (C=O) groups excluding carboxylic acids is 1. The number of esters is 1. The zero-order valence-electron chi connectivity index (χ0n) is 11.2. The second kappa shape index (κ2) is 7.30. The first-order chi connectivity index (χ1) is 10.2. The van der Waals surface area contributed by atoms with Crippen molar-refractivity contribution in [2.45, 2.75) is 36.8 Å². The molecule has 0 radical (unpaired) electrons. The number of hydrogen-bond donors (Lipinski definition) is 0. The molecule has 3 nitrogen and oxygen atoms in total. The van der Waals surface area contributed by atoms with Crippen LogP contribution in [0.2, 0.25) is 0 Å². The van der Waals surface area contributed by atoms with Crippen molar-refractivity contribution in [3.63, 3.8) is 0 Å². The number of halogens is 9. The minimum atomic E-state index is -7.12. The van der Waals surface area contributed by atoms with Crippen molar-refractivity contribution in [3.05, 3.63) is 12.8 Å². The third-order valence-electron chi connectivity index (χ3n) is 2.41. The topological polar surface area (TPSA) is 35.5 Å². The zero-order chi connectivity index (χ0) is 18.5. The van der Waals surface area contributed by atoms with Crippen molar-refractivity contribution in [1.82, 2.24) is 0 Å². The van der Waals surface area contributed by atoms with Gasteiger partial charge in [0.2, 0.25) is 0 Å². The highest BCUT2D eigenvalue weighted by atomic mass is 19.4. The van der Waals surface area contributed by atoms with Gasteiger partial charge in [-0.05, 0) is 12.8 Å². The van der Waals surface area contributed by atoms with Gasteiger partial charge in [-0.25, -0.2) is 4.79 Å². The predicted molar refractivity (Wildman–Crippen MR) is 57.2 cm³/mol. The van der Waals surface area contributed by atoms with E-state index in [1.54, 1.807) is 0 Å². The zero-order valence-corrected chi connectivity index (χ0v) is 11.2. The van der Waals surface area contributed by atoms with Crippen LogP contribution in [0.25, 0.3) is 0 Å². The van der Waals surface area contributed by atoms with Gasteiger partial charge in [-0.1, -0.05) is 6.58 Å². The van der Waals surface area contributed by atoms with E-state index in [9.17, 15) is 44.3 Å². The van der Waals surface area contributed by atoms with E-state index >= 15 is 0 Å². The Morgan fingerprint density at radius 2 is 1.35 bits per heavy atom. The molecule has 136 valence electrons. The van der Waals surface area contributed by atoms with Crippen LogP contribution in [0, 0.1) is 0 Å². The smallest absolute Gasteiger partial charge is 0.460 e. The summed E-state index contributed by atoms with van der Waals surface area (Å²) in [4.78, 5) is 10.8. The highest BCUT2D eigenvalue weighted by Crippen LogP contribution is 2.53. The lowest BCUT2D eigenvalue weighted by Crippen LogP contribution is -2.63. The van der Waals surface area contributed by atoms with Crippen LogP contribution in [0.1, 0.15) is 12.8 Å². The fraction of sp³-hybridized carbons (Fsp3) is 0.727. The molecular formula is C11H11F9O3. The van der Waals surface area contributed by atoms with Crippen LogP contribution < -0.4 is 0 Å². The lowest BCUT2D eigenvalue weighted by Gasteiger charge is -2.32. The summed E-state index contributed by atoms with van der Waals surface area (Å²) in [7, 11) is 0. The SMILES string of the molecule is C=COCCCCOC(=O)C(F)(F)C(F)(F)C(F)(F)C(F)(F)F. The summed E-state index contributed by atoms with van der Waals surface area (Å²) >= 11 is 0. The van der Waals surface area contributed by atoms with E-state index in [-0.39, 0.29) is 19.4 Å². The van der Waals surface area contributed by atoms with Gasteiger partial charge >= 0.3 is 29.9 Å². The van der Waals surface area contributed by atoms with Gasteiger partial charge in [-0.15, -0.1) is 0 Å². The van der Waals surface area contributed by atoms with Crippen LogP contribution in [0.4, 0.5) is 39.5 Å². The first-order valence-corrected chi connectivity index (χ1v) is 5.83. The van der Waals surface area contributed by atoms with Gasteiger partial charge in [0.05, 0.1) is 19.5 Å². The average Bonchev–Trinajstić information content (AvgIpc) is 2.40. The number of rotatable bonds is 9. The van der Waals surface area contributed by atoms with Crippen LogP contribution >= 0.6 is 0 Å². The summed E-state index contributed by atoms with van der Waals surface area (Å²) in [5.74, 6) is -23.7. The average molecular weight is 362 g/mol. The Bertz CT molecular complexity index is 417.